The first kappa shape index (κ1) is 10.2. The van der Waals surface area contributed by atoms with Crippen LogP contribution < -0.4 is 0 Å². The first-order chi connectivity index (χ1) is 6.66. The lowest BCUT2D eigenvalue weighted by Gasteiger charge is -2.00. The topological polar surface area (TPSA) is 64.7 Å². The molecule has 5 nitrogen and oxygen atoms in total. The van der Waals surface area contributed by atoms with Gasteiger partial charge in [0.15, 0.2) is 0 Å². The zero-order valence-corrected chi connectivity index (χ0v) is 7.93. The zero-order chi connectivity index (χ0) is 10.6. The Morgan fingerprint density at radius 1 is 1.50 bits per heavy atom. The maximum Gasteiger partial charge on any atom is 0.278 e. The predicted molar refractivity (Wildman–Crippen MR) is 52.3 cm³/mol. The number of nitro benzene ring substituents is 1. The minimum absolute atomic E-state index is 0.0331. The molecule has 0 radical (unpaired) electrons. The van der Waals surface area contributed by atoms with Crippen molar-refractivity contribution in [3.63, 3.8) is 0 Å². The van der Waals surface area contributed by atoms with Crippen molar-refractivity contribution in [3.05, 3.63) is 39.9 Å². The molecule has 0 bridgehead atoms. The fraction of sp³-hybridized carbons (Fsp3) is 0.222. The molecule has 0 heterocycles. The van der Waals surface area contributed by atoms with Crippen molar-refractivity contribution < 1.29 is 9.76 Å². The molecule has 1 rings (SSSR count). The number of nitro groups is 1. The molecule has 0 aliphatic carbocycles. The minimum Gasteiger partial charge on any atom is -0.399 e. The molecule has 0 aromatic heterocycles. The zero-order valence-electron chi connectivity index (χ0n) is 7.93. The van der Waals surface area contributed by atoms with Gasteiger partial charge in [-0.3, -0.25) is 10.1 Å². The molecule has 5 heteroatoms. The van der Waals surface area contributed by atoms with Crippen LogP contribution in [0.1, 0.15) is 12.5 Å². The lowest BCUT2D eigenvalue weighted by molar-refractivity contribution is -0.385. The van der Waals surface area contributed by atoms with E-state index in [1.165, 1.54) is 13.2 Å². The van der Waals surface area contributed by atoms with Crippen LogP contribution in [-0.2, 0) is 4.84 Å². The smallest absolute Gasteiger partial charge is 0.278 e. The Morgan fingerprint density at radius 3 is 2.71 bits per heavy atom. The third-order valence-corrected chi connectivity index (χ3v) is 1.72. The van der Waals surface area contributed by atoms with Crippen LogP contribution in [0, 0.1) is 10.1 Å². The summed E-state index contributed by atoms with van der Waals surface area (Å²) in [5.74, 6) is 0. The van der Waals surface area contributed by atoms with Crippen molar-refractivity contribution in [2.75, 3.05) is 7.11 Å². The van der Waals surface area contributed by atoms with Gasteiger partial charge < -0.3 is 4.84 Å². The van der Waals surface area contributed by atoms with Gasteiger partial charge in [0.25, 0.3) is 5.69 Å². The molecule has 1 aromatic rings. The fourth-order valence-electron chi connectivity index (χ4n) is 1.12. The number of hydrogen-bond donors (Lipinski definition) is 0. The molecule has 0 unspecified atom stereocenters. The van der Waals surface area contributed by atoms with Crippen molar-refractivity contribution in [2.24, 2.45) is 5.16 Å². The van der Waals surface area contributed by atoms with E-state index in [0.29, 0.717) is 11.3 Å². The first-order valence-corrected chi connectivity index (χ1v) is 3.98. The van der Waals surface area contributed by atoms with E-state index in [1.807, 2.05) is 0 Å². The van der Waals surface area contributed by atoms with Crippen LogP contribution in [-0.4, -0.2) is 17.7 Å². The van der Waals surface area contributed by atoms with Crippen LogP contribution in [0.4, 0.5) is 5.69 Å². The Hall–Kier alpha value is -1.91. The van der Waals surface area contributed by atoms with E-state index < -0.39 is 4.92 Å². The Kier molecular flexibility index (Phi) is 3.17. The van der Waals surface area contributed by atoms with Gasteiger partial charge >= 0.3 is 0 Å². The minimum atomic E-state index is -0.440. The van der Waals surface area contributed by atoms with Crippen molar-refractivity contribution >= 4 is 11.4 Å². The van der Waals surface area contributed by atoms with E-state index in [0.717, 1.165) is 0 Å². The standard InChI is InChI=1S/C9H10N2O3/c1-7(10-14-2)8-5-3-4-6-9(8)11(12)13/h3-6H,1-2H3/b10-7-. The Bertz CT molecular complexity index is 374. The van der Waals surface area contributed by atoms with Gasteiger partial charge in [-0.05, 0) is 13.0 Å². The van der Waals surface area contributed by atoms with Crippen molar-refractivity contribution in [2.45, 2.75) is 6.92 Å². The Labute approximate surface area is 81.1 Å². The largest absolute Gasteiger partial charge is 0.399 e. The van der Waals surface area contributed by atoms with Gasteiger partial charge in [-0.1, -0.05) is 17.3 Å². The van der Waals surface area contributed by atoms with Crippen LogP contribution in [0.25, 0.3) is 0 Å². The molecule has 0 aliphatic rings. The maximum atomic E-state index is 10.6. The average molecular weight is 194 g/mol. The highest BCUT2D eigenvalue weighted by Crippen LogP contribution is 2.18. The van der Waals surface area contributed by atoms with Gasteiger partial charge in [-0.25, -0.2) is 0 Å². The number of hydrogen-bond acceptors (Lipinski definition) is 4. The lowest BCUT2D eigenvalue weighted by Crippen LogP contribution is -2.01. The summed E-state index contributed by atoms with van der Waals surface area (Å²) in [6, 6.07) is 6.40. The molecule has 0 amide bonds. The SMILES string of the molecule is CO/N=C(/C)c1ccccc1[N+](=O)[O-]. The van der Waals surface area contributed by atoms with Gasteiger partial charge in [0.2, 0.25) is 0 Å². The molecular formula is C9H10N2O3. The van der Waals surface area contributed by atoms with Gasteiger partial charge in [0.1, 0.15) is 7.11 Å². The van der Waals surface area contributed by atoms with Gasteiger partial charge in [0.05, 0.1) is 16.2 Å². The first-order valence-electron chi connectivity index (χ1n) is 3.98. The number of nitrogens with zero attached hydrogens (tertiary/aromatic N) is 2. The van der Waals surface area contributed by atoms with Gasteiger partial charge in [-0.2, -0.15) is 0 Å². The number of benzene rings is 1. The molecule has 0 saturated heterocycles. The van der Waals surface area contributed by atoms with Crippen LogP contribution in [0.15, 0.2) is 29.4 Å². The van der Waals surface area contributed by atoms with E-state index in [1.54, 1.807) is 25.1 Å². The van der Waals surface area contributed by atoms with Crippen molar-refractivity contribution in [3.8, 4) is 0 Å². The second-order valence-corrected chi connectivity index (χ2v) is 2.63. The predicted octanol–water partition coefficient (Wildman–Crippen LogP) is 1.97. The molecule has 0 fully saturated rings. The summed E-state index contributed by atoms with van der Waals surface area (Å²) in [6.45, 7) is 1.66. The third-order valence-electron chi connectivity index (χ3n) is 1.72. The molecule has 74 valence electrons. The Morgan fingerprint density at radius 2 is 2.14 bits per heavy atom. The molecule has 0 saturated carbocycles. The van der Waals surface area contributed by atoms with Crippen LogP contribution in [0.5, 0.6) is 0 Å². The summed E-state index contributed by atoms with van der Waals surface area (Å²) in [7, 11) is 1.40. The third kappa shape index (κ3) is 2.07. The molecule has 0 spiro atoms. The van der Waals surface area contributed by atoms with Crippen LogP contribution in [0.2, 0.25) is 0 Å². The van der Waals surface area contributed by atoms with Gasteiger partial charge in [-0.15, -0.1) is 0 Å². The van der Waals surface area contributed by atoms with E-state index in [-0.39, 0.29) is 5.69 Å². The second-order valence-electron chi connectivity index (χ2n) is 2.63. The lowest BCUT2D eigenvalue weighted by atomic mass is 10.1. The molecular weight excluding hydrogens is 184 g/mol. The van der Waals surface area contributed by atoms with Crippen LogP contribution >= 0.6 is 0 Å². The number of para-hydroxylation sites is 1. The highest BCUT2D eigenvalue weighted by atomic mass is 16.6. The normalized spacial score (nSPS) is 11.1. The number of oxime groups is 1. The summed E-state index contributed by atoms with van der Waals surface area (Å²) in [4.78, 5) is 14.8. The molecule has 0 N–H and O–H groups in total. The average Bonchev–Trinajstić information content (AvgIpc) is 2.18. The second kappa shape index (κ2) is 4.36. The molecule has 14 heavy (non-hydrogen) atoms. The highest BCUT2D eigenvalue weighted by Gasteiger charge is 2.14. The fourth-order valence-corrected chi connectivity index (χ4v) is 1.12. The van der Waals surface area contributed by atoms with E-state index in [4.69, 9.17) is 0 Å². The molecule has 1 aromatic carbocycles. The van der Waals surface area contributed by atoms with E-state index in [2.05, 4.69) is 9.99 Å². The van der Waals surface area contributed by atoms with Crippen molar-refractivity contribution in [1.29, 1.82) is 0 Å². The van der Waals surface area contributed by atoms with E-state index >= 15 is 0 Å². The van der Waals surface area contributed by atoms with Crippen LogP contribution in [0.3, 0.4) is 0 Å². The number of rotatable bonds is 3. The van der Waals surface area contributed by atoms with E-state index in [9.17, 15) is 10.1 Å². The summed E-state index contributed by atoms with van der Waals surface area (Å²) < 4.78 is 0. The summed E-state index contributed by atoms with van der Waals surface area (Å²) in [5.41, 5.74) is 0.991. The summed E-state index contributed by atoms with van der Waals surface area (Å²) >= 11 is 0. The quantitative estimate of drug-likeness (QED) is 0.419. The summed E-state index contributed by atoms with van der Waals surface area (Å²) in [6.07, 6.45) is 0. The monoisotopic (exact) mass is 194 g/mol. The maximum absolute atomic E-state index is 10.6. The molecule has 0 aliphatic heterocycles. The highest BCUT2D eigenvalue weighted by molar-refractivity contribution is 6.01. The van der Waals surface area contributed by atoms with Gasteiger partial charge in [0, 0.05) is 6.07 Å². The summed E-state index contributed by atoms with van der Waals surface area (Å²) in [5, 5.41) is 14.3. The van der Waals surface area contributed by atoms with Crippen molar-refractivity contribution in [1.82, 2.24) is 0 Å². The molecule has 0 atom stereocenters. The Balaban J connectivity index is 3.20.